The van der Waals surface area contributed by atoms with Crippen LogP contribution in [0.1, 0.15) is 18.5 Å². The smallest absolute Gasteiger partial charge is 0.405 e. The number of nitrogens with zero attached hydrogens (tertiary/aromatic N) is 1. The third-order valence-corrected chi connectivity index (χ3v) is 5.67. The zero-order chi connectivity index (χ0) is 22.3. The zero-order valence-corrected chi connectivity index (χ0v) is 17.8. The third-order valence-electron chi connectivity index (χ3n) is 5.67. The highest BCUT2D eigenvalue weighted by Gasteiger charge is 2.45. The fourth-order valence-corrected chi connectivity index (χ4v) is 3.84. The van der Waals surface area contributed by atoms with Crippen LogP contribution in [0.15, 0.2) is 48.7 Å². The summed E-state index contributed by atoms with van der Waals surface area (Å²) in [6.07, 6.45) is 2.13. The number of pyridine rings is 1. The van der Waals surface area contributed by atoms with Crippen LogP contribution < -0.4 is 19.5 Å². The Labute approximate surface area is 184 Å². The molecule has 4 aromatic rings. The van der Waals surface area contributed by atoms with Gasteiger partial charge in [0.15, 0.2) is 11.5 Å². The van der Waals surface area contributed by atoms with Gasteiger partial charge in [0.1, 0.15) is 18.1 Å². The third kappa shape index (κ3) is 3.87. The number of H-pyrrole nitrogens is 1. The van der Waals surface area contributed by atoms with Crippen LogP contribution in [0.4, 0.5) is 4.79 Å². The maximum absolute atomic E-state index is 11.0. The number of carboxylic acid groups (broad SMARTS) is 1. The summed E-state index contributed by atoms with van der Waals surface area (Å²) in [5.74, 6) is 2.40. The van der Waals surface area contributed by atoms with Crippen molar-refractivity contribution < 1.29 is 24.1 Å². The van der Waals surface area contributed by atoms with E-state index in [9.17, 15) is 4.79 Å². The van der Waals surface area contributed by atoms with Crippen LogP contribution in [-0.2, 0) is 0 Å². The minimum Gasteiger partial charge on any atom is -0.493 e. The summed E-state index contributed by atoms with van der Waals surface area (Å²) in [6, 6.07) is 13.4. The largest absolute Gasteiger partial charge is 0.493 e. The number of hydrogen-bond acceptors (Lipinski definition) is 5. The summed E-state index contributed by atoms with van der Waals surface area (Å²) in [5, 5.41) is 13.4. The van der Waals surface area contributed by atoms with Gasteiger partial charge >= 0.3 is 6.09 Å². The summed E-state index contributed by atoms with van der Waals surface area (Å²) in [7, 11) is 1.56. The standard InChI is InChI=1S/C24H23N3O5/c1-14-9-15-10-16(3-4-18(15)26-14)32-20-5-8-25-19-12-22(21(30-2)11-17(19)20)31-13-24(6-7-24)27-23(28)29/h3-5,8-12,26-27H,6-7,13H2,1-2H3,(H,28,29). The van der Waals surface area contributed by atoms with E-state index in [2.05, 4.69) is 21.4 Å². The van der Waals surface area contributed by atoms with Crippen molar-refractivity contribution in [2.45, 2.75) is 25.3 Å². The SMILES string of the molecule is COc1cc2c(Oc3ccc4[nH]c(C)cc4c3)ccnc2cc1OCC1(NC(=O)O)CC1. The molecule has 1 aliphatic carbocycles. The second-order valence-electron chi connectivity index (χ2n) is 8.13. The molecule has 32 heavy (non-hydrogen) atoms. The molecule has 2 heterocycles. The summed E-state index contributed by atoms with van der Waals surface area (Å²) < 4.78 is 17.7. The number of rotatable bonds is 7. The Kier molecular flexibility index (Phi) is 4.77. The number of carbonyl (C=O) groups is 1. The van der Waals surface area contributed by atoms with Gasteiger partial charge in [0.05, 0.1) is 18.2 Å². The molecule has 0 radical (unpaired) electrons. The van der Waals surface area contributed by atoms with Crippen molar-refractivity contribution >= 4 is 27.9 Å². The normalized spacial score (nSPS) is 14.3. The predicted molar refractivity (Wildman–Crippen MR) is 120 cm³/mol. The van der Waals surface area contributed by atoms with Crippen LogP contribution in [0.2, 0.25) is 0 Å². The first kappa shape index (κ1) is 20.0. The van der Waals surface area contributed by atoms with Gasteiger partial charge in [-0.3, -0.25) is 4.98 Å². The van der Waals surface area contributed by atoms with Crippen molar-refractivity contribution in [2.75, 3.05) is 13.7 Å². The molecule has 0 bridgehead atoms. The molecule has 1 fully saturated rings. The summed E-state index contributed by atoms with van der Waals surface area (Å²) in [5.41, 5.74) is 2.31. The lowest BCUT2D eigenvalue weighted by atomic mass is 10.1. The van der Waals surface area contributed by atoms with E-state index < -0.39 is 11.6 Å². The average Bonchev–Trinajstić information content (AvgIpc) is 3.41. The number of hydrogen-bond donors (Lipinski definition) is 3. The van der Waals surface area contributed by atoms with Gasteiger partial charge in [-0.05, 0) is 56.2 Å². The number of nitrogens with one attached hydrogen (secondary N) is 2. The van der Waals surface area contributed by atoms with Crippen molar-refractivity contribution in [3.8, 4) is 23.0 Å². The van der Waals surface area contributed by atoms with Gasteiger partial charge in [0, 0.05) is 34.2 Å². The first-order chi connectivity index (χ1) is 15.4. The number of ether oxygens (including phenoxy) is 3. The van der Waals surface area contributed by atoms with E-state index in [1.165, 1.54) is 0 Å². The molecule has 8 heteroatoms. The lowest BCUT2D eigenvalue weighted by molar-refractivity contribution is 0.176. The maximum atomic E-state index is 11.0. The van der Waals surface area contributed by atoms with Crippen LogP contribution in [0.25, 0.3) is 21.8 Å². The van der Waals surface area contributed by atoms with Crippen LogP contribution in [0.3, 0.4) is 0 Å². The quantitative estimate of drug-likeness (QED) is 0.379. The summed E-state index contributed by atoms with van der Waals surface area (Å²) in [6.45, 7) is 2.25. The highest BCUT2D eigenvalue weighted by atomic mass is 16.5. The van der Waals surface area contributed by atoms with Crippen molar-refractivity contribution in [3.05, 3.63) is 54.4 Å². The van der Waals surface area contributed by atoms with Crippen LogP contribution in [0, 0.1) is 6.92 Å². The second-order valence-corrected chi connectivity index (χ2v) is 8.13. The molecule has 0 aliphatic heterocycles. The fraction of sp³-hybridized carbons (Fsp3) is 0.250. The van der Waals surface area contributed by atoms with Gasteiger partial charge in [0.25, 0.3) is 0 Å². The topological polar surface area (TPSA) is 106 Å². The lowest BCUT2D eigenvalue weighted by Crippen LogP contribution is -2.40. The molecule has 0 atom stereocenters. The molecule has 8 nitrogen and oxygen atoms in total. The molecule has 164 valence electrons. The summed E-state index contributed by atoms with van der Waals surface area (Å²) >= 11 is 0. The zero-order valence-electron chi connectivity index (χ0n) is 17.8. The van der Waals surface area contributed by atoms with E-state index in [0.717, 1.165) is 40.6 Å². The molecule has 0 spiro atoms. The predicted octanol–water partition coefficient (Wildman–Crippen LogP) is 5.00. The second kappa shape index (κ2) is 7.64. The molecule has 0 unspecified atom stereocenters. The molecular formula is C24H23N3O5. The maximum Gasteiger partial charge on any atom is 0.405 e. The van der Waals surface area contributed by atoms with E-state index in [4.69, 9.17) is 19.3 Å². The number of benzene rings is 2. The van der Waals surface area contributed by atoms with Gasteiger partial charge in [0.2, 0.25) is 0 Å². The highest BCUT2D eigenvalue weighted by Crippen LogP contribution is 2.40. The van der Waals surface area contributed by atoms with Gasteiger partial charge < -0.3 is 29.6 Å². The van der Waals surface area contributed by atoms with E-state index >= 15 is 0 Å². The van der Waals surface area contributed by atoms with Gasteiger partial charge in [-0.2, -0.15) is 0 Å². The van der Waals surface area contributed by atoms with Crippen LogP contribution >= 0.6 is 0 Å². The molecular weight excluding hydrogens is 410 g/mol. The number of aromatic nitrogens is 2. The summed E-state index contributed by atoms with van der Waals surface area (Å²) in [4.78, 5) is 18.8. The number of fused-ring (bicyclic) bond motifs is 2. The first-order valence-corrected chi connectivity index (χ1v) is 10.3. The first-order valence-electron chi connectivity index (χ1n) is 10.3. The Morgan fingerprint density at radius 1 is 1.16 bits per heavy atom. The van der Waals surface area contributed by atoms with Crippen LogP contribution in [-0.4, -0.2) is 40.4 Å². The van der Waals surface area contributed by atoms with Gasteiger partial charge in [-0.25, -0.2) is 4.79 Å². The Bertz CT molecular complexity index is 1330. The molecule has 2 aromatic heterocycles. The van der Waals surface area contributed by atoms with Crippen molar-refractivity contribution in [2.24, 2.45) is 0 Å². The molecule has 5 rings (SSSR count). The number of aryl methyl sites for hydroxylation is 1. The Balaban J connectivity index is 1.43. The molecule has 0 saturated heterocycles. The monoisotopic (exact) mass is 433 g/mol. The Morgan fingerprint density at radius 3 is 2.75 bits per heavy atom. The number of aromatic amines is 1. The Hall–Kier alpha value is -3.94. The minimum atomic E-state index is -1.05. The van der Waals surface area contributed by atoms with E-state index in [1.807, 2.05) is 37.3 Å². The number of methoxy groups -OCH3 is 1. The molecule has 1 saturated carbocycles. The van der Waals surface area contributed by atoms with Gasteiger partial charge in [-0.15, -0.1) is 0 Å². The van der Waals surface area contributed by atoms with Crippen molar-refractivity contribution in [3.63, 3.8) is 0 Å². The van der Waals surface area contributed by atoms with Gasteiger partial charge in [-0.1, -0.05) is 0 Å². The van der Waals surface area contributed by atoms with Crippen molar-refractivity contribution in [1.29, 1.82) is 0 Å². The molecule has 2 aromatic carbocycles. The lowest BCUT2D eigenvalue weighted by Gasteiger charge is -2.18. The average molecular weight is 433 g/mol. The van der Waals surface area contributed by atoms with E-state index in [1.54, 1.807) is 19.4 Å². The molecule has 1 aliphatic rings. The molecule has 3 N–H and O–H groups in total. The number of amides is 1. The molecule has 1 amide bonds. The highest BCUT2D eigenvalue weighted by molar-refractivity contribution is 5.89. The minimum absolute atomic E-state index is 0.230. The fourth-order valence-electron chi connectivity index (χ4n) is 3.84. The van der Waals surface area contributed by atoms with Crippen molar-refractivity contribution in [1.82, 2.24) is 15.3 Å². The van der Waals surface area contributed by atoms with E-state index in [-0.39, 0.29) is 6.61 Å². The Morgan fingerprint density at radius 2 is 2.00 bits per heavy atom. The van der Waals surface area contributed by atoms with E-state index in [0.29, 0.717) is 22.8 Å². The van der Waals surface area contributed by atoms with Crippen LogP contribution in [0.5, 0.6) is 23.0 Å².